The van der Waals surface area contributed by atoms with Crippen LogP contribution in [0.2, 0.25) is 5.02 Å². The molecule has 162 valence electrons. The van der Waals surface area contributed by atoms with Gasteiger partial charge in [0.05, 0.1) is 12.9 Å². The number of carbonyl (C=O) groups excluding carboxylic acids is 1. The summed E-state index contributed by atoms with van der Waals surface area (Å²) in [7, 11) is 1.63. The maximum atomic E-state index is 12.6. The molecule has 0 atom stereocenters. The summed E-state index contributed by atoms with van der Waals surface area (Å²) >= 11 is 7.38. The fourth-order valence-electron chi connectivity index (χ4n) is 3.15. The average molecular weight is 465 g/mol. The largest absolute Gasteiger partial charge is 0.497 e. The van der Waals surface area contributed by atoms with Crippen LogP contribution < -0.4 is 10.1 Å². The van der Waals surface area contributed by atoms with Crippen LogP contribution in [-0.2, 0) is 4.79 Å². The molecule has 0 unspecified atom stereocenters. The Balaban J connectivity index is 1.59. The van der Waals surface area contributed by atoms with E-state index in [1.165, 1.54) is 11.8 Å². The van der Waals surface area contributed by atoms with Crippen molar-refractivity contribution in [3.8, 4) is 22.8 Å². The molecule has 0 aliphatic rings. The number of nitrogens with one attached hydrogen (secondary N) is 1. The van der Waals surface area contributed by atoms with Gasteiger partial charge in [-0.2, -0.15) is 0 Å². The minimum atomic E-state index is -0.144. The Labute approximate surface area is 195 Å². The predicted octanol–water partition coefficient (Wildman–Crippen LogP) is 5.64. The van der Waals surface area contributed by atoms with Crippen LogP contribution in [0.4, 0.5) is 5.69 Å². The summed E-state index contributed by atoms with van der Waals surface area (Å²) in [5, 5.41) is 12.9. The van der Waals surface area contributed by atoms with E-state index >= 15 is 0 Å². The number of aryl methyl sites for hydroxylation is 1. The minimum absolute atomic E-state index is 0.144. The molecule has 1 N–H and O–H groups in total. The first-order valence-corrected chi connectivity index (χ1v) is 11.3. The van der Waals surface area contributed by atoms with Crippen molar-refractivity contribution >= 4 is 35.0 Å². The highest BCUT2D eigenvalue weighted by atomic mass is 35.5. The lowest BCUT2D eigenvalue weighted by atomic mass is 10.2. The van der Waals surface area contributed by atoms with E-state index in [4.69, 9.17) is 16.3 Å². The lowest BCUT2D eigenvalue weighted by Crippen LogP contribution is -2.15. The predicted molar refractivity (Wildman–Crippen MR) is 129 cm³/mol. The molecule has 0 spiro atoms. The standard InChI is InChI=1S/C24H21ClN4O2S/c1-16-8-11-18(25)14-21(16)26-22(30)15-32-24-28-27-23(17-9-12-20(31-2)13-10-17)29(24)19-6-4-3-5-7-19/h3-14H,15H2,1-2H3,(H,26,30). The van der Waals surface area contributed by atoms with Crippen molar-refractivity contribution in [3.63, 3.8) is 0 Å². The third-order valence-corrected chi connectivity index (χ3v) is 5.97. The molecule has 0 aliphatic carbocycles. The Morgan fingerprint density at radius 2 is 1.81 bits per heavy atom. The summed E-state index contributed by atoms with van der Waals surface area (Å²) < 4.78 is 7.20. The van der Waals surface area contributed by atoms with Gasteiger partial charge in [-0.3, -0.25) is 9.36 Å². The molecule has 3 aromatic carbocycles. The van der Waals surface area contributed by atoms with Gasteiger partial charge in [0.1, 0.15) is 5.75 Å². The fraction of sp³-hybridized carbons (Fsp3) is 0.125. The number of halogens is 1. The number of rotatable bonds is 7. The second-order valence-electron chi connectivity index (χ2n) is 7.00. The van der Waals surface area contributed by atoms with E-state index < -0.39 is 0 Å². The summed E-state index contributed by atoms with van der Waals surface area (Å²) in [4.78, 5) is 12.6. The quantitative estimate of drug-likeness (QED) is 0.359. The number of anilines is 1. The van der Waals surface area contributed by atoms with Crippen molar-refractivity contribution in [2.45, 2.75) is 12.1 Å². The molecule has 0 fully saturated rings. The van der Waals surface area contributed by atoms with Crippen LogP contribution in [0.5, 0.6) is 5.75 Å². The molecule has 32 heavy (non-hydrogen) atoms. The normalized spacial score (nSPS) is 10.7. The molecule has 0 radical (unpaired) electrons. The van der Waals surface area contributed by atoms with Crippen LogP contribution in [-0.4, -0.2) is 33.5 Å². The van der Waals surface area contributed by atoms with Crippen molar-refractivity contribution in [3.05, 3.63) is 83.4 Å². The Bertz CT molecular complexity index is 1230. The minimum Gasteiger partial charge on any atom is -0.497 e. The van der Waals surface area contributed by atoms with Gasteiger partial charge in [0.25, 0.3) is 0 Å². The van der Waals surface area contributed by atoms with Crippen molar-refractivity contribution < 1.29 is 9.53 Å². The van der Waals surface area contributed by atoms with Gasteiger partial charge in [-0.05, 0) is 61.0 Å². The second-order valence-corrected chi connectivity index (χ2v) is 8.38. The molecule has 0 aliphatic heterocycles. The van der Waals surface area contributed by atoms with Crippen molar-refractivity contribution in [2.75, 3.05) is 18.2 Å². The van der Waals surface area contributed by atoms with Crippen molar-refractivity contribution in [2.24, 2.45) is 0 Å². The fourth-order valence-corrected chi connectivity index (χ4v) is 4.07. The van der Waals surface area contributed by atoms with Gasteiger partial charge in [-0.25, -0.2) is 0 Å². The average Bonchev–Trinajstić information content (AvgIpc) is 3.24. The molecule has 1 aromatic heterocycles. The Morgan fingerprint density at radius 1 is 1.06 bits per heavy atom. The number of hydrogen-bond donors (Lipinski definition) is 1. The van der Waals surface area contributed by atoms with E-state index in [0.29, 0.717) is 21.7 Å². The number of ether oxygens (including phenoxy) is 1. The molecule has 0 saturated carbocycles. The third-order valence-electron chi connectivity index (χ3n) is 4.80. The summed E-state index contributed by atoms with van der Waals surface area (Å²) in [6.07, 6.45) is 0. The zero-order valence-corrected chi connectivity index (χ0v) is 19.2. The maximum absolute atomic E-state index is 12.6. The lowest BCUT2D eigenvalue weighted by molar-refractivity contribution is -0.113. The SMILES string of the molecule is COc1ccc(-c2nnc(SCC(=O)Nc3cc(Cl)ccc3C)n2-c2ccccc2)cc1. The smallest absolute Gasteiger partial charge is 0.234 e. The summed E-state index contributed by atoms with van der Waals surface area (Å²) in [5.74, 6) is 1.49. The van der Waals surface area contributed by atoms with E-state index in [9.17, 15) is 4.79 Å². The molecule has 8 heteroatoms. The first-order chi connectivity index (χ1) is 15.5. The van der Waals surface area contributed by atoms with Crippen LogP contribution in [0, 0.1) is 6.92 Å². The summed E-state index contributed by atoms with van der Waals surface area (Å²) in [6, 6.07) is 22.9. The molecule has 0 saturated heterocycles. The maximum Gasteiger partial charge on any atom is 0.234 e. The molecular weight excluding hydrogens is 444 g/mol. The van der Waals surface area contributed by atoms with Gasteiger partial charge in [-0.1, -0.05) is 47.6 Å². The van der Waals surface area contributed by atoms with E-state index in [1.54, 1.807) is 19.2 Å². The first-order valence-electron chi connectivity index (χ1n) is 9.89. The Hall–Kier alpha value is -3.29. The summed E-state index contributed by atoms with van der Waals surface area (Å²) in [6.45, 7) is 1.92. The van der Waals surface area contributed by atoms with E-state index in [0.717, 1.165) is 22.6 Å². The van der Waals surface area contributed by atoms with Gasteiger partial charge >= 0.3 is 0 Å². The monoisotopic (exact) mass is 464 g/mol. The number of nitrogens with zero attached hydrogens (tertiary/aromatic N) is 3. The van der Waals surface area contributed by atoms with Crippen LogP contribution in [0.3, 0.4) is 0 Å². The van der Waals surface area contributed by atoms with E-state index in [-0.39, 0.29) is 11.7 Å². The highest BCUT2D eigenvalue weighted by molar-refractivity contribution is 7.99. The van der Waals surface area contributed by atoms with E-state index in [2.05, 4.69) is 15.5 Å². The van der Waals surface area contributed by atoms with Gasteiger partial charge in [-0.15, -0.1) is 10.2 Å². The Morgan fingerprint density at radius 3 is 2.53 bits per heavy atom. The van der Waals surface area contributed by atoms with Gasteiger partial charge < -0.3 is 10.1 Å². The van der Waals surface area contributed by atoms with Crippen molar-refractivity contribution in [1.29, 1.82) is 0 Å². The number of benzene rings is 3. The lowest BCUT2D eigenvalue weighted by Gasteiger charge is -2.11. The third kappa shape index (κ3) is 4.95. The van der Waals surface area contributed by atoms with Crippen LogP contribution in [0.25, 0.3) is 17.1 Å². The zero-order chi connectivity index (χ0) is 22.5. The second kappa shape index (κ2) is 9.89. The van der Waals surface area contributed by atoms with Crippen LogP contribution in [0.15, 0.2) is 78.0 Å². The molecule has 4 rings (SSSR count). The number of methoxy groups -OCH3 is 1. The topological polar surface area (TPSA) is 69.0 Å². The van der Waals surface area contributed by atoms with Gasteiger partial charge in [0.2, 0.25) is 5.91 Å². The molecule has 6 nitrogen and oxygen atoms in total. The molecule has 1 amide bonds. The first kappa shape index (κ1) is 21.9. The number of thioether (sulfide) groups is 1. The van der Waals surface area contributed by atoms with Crippen LogP contribution >= 0.6 is 23.4 Å². The number of hydrogen-bond acceptors (Lipinski definition) is 5. The molecule has 4 aromatic rings. The zero-order valence-electron chi connectivity index (χ0n) is 17.6. The van der Waals surface area contributed by atoms with Gasteiger partial charge in [0, 0.05) is 22.0 Å². The molecular formula is C24H21ClN4O2S. The highest BCUT2D eigenvalue weighted by Crippen LogP contribution is 2.29. The molecule has 1 heterocycles. The van der Waals surface area contributed by atoms with Crippen LogP contribution in [0.1, 0.15) is 5.56 Å². The number of aromatic nitrogens is 3. The van der Waals surface area contributed by atoms with E-state index in [1.807, 2.05) is 72.2 Å². The number of para-hydroxylation sites is 1. The Kier molecular flexibility index (Phi) is 6.78. The van der Waals surface area contributed by atoms with Gasteiger partial charge in [0.15, 0.2) is 11.0 Å². The number of carbonyl (C=O) groups is 1. The van der Waals surface area contributed by atoms with Crippen molar-refractivity contribution in [1.82, 2.24) is 14.8 Å². The number of amides is 1. The summed E-state index contributed by atoms with van der Waals surface area (Å²) in [5.41, 5.74) is 3.46. The highest BCUT2D eigenvalue weighted by Gasteiger charge is 2.17. The molecule has 0 bridgehead atoms.